The Morgan fingerprint density at radius 1 is 1.12 bits per heavy atom. The molecule has 0 saturated carbocycles. The lowest BCUT2D eigenvalue weighted by molar-refractivity contribution is 0.157. The van der Waals surface area contributed by atoms with E-state index in [0.717, 1.165) is 24.4 Å². The zero-order chi connectivity index (χ0) is 17.4. The number of benzene rings is 1. The third kappa shape index (κ3) is 5.41. The van der Waals surface area contributed by atoms with Gasteiger partial charge in [0.15, 0.2) is 0 Å². The van der Waals surface area contributed by atoms with Crippen LogP contribution in [0.15, 0.2) is 24.3 Å². The molecule has 0 radical (unpaired) electrons. The number of para-hydroxylation sites is 1. The third-order valence-corrected chi connectivity index (χ3v) is 4.46. The summed E-state index contributed by atoms with van der Waals surface area (Å²) in [5.74, 6) is 1.33. The standard InChI is InChI=1S/C19H31N3O2/c1-15(2)13-20-19(23)21-14-17(22-11-7-4-8-12-22)16-9-5-6-10-18(16)24-3/h5-6,9-10,15,17H,4,7-8,11-14H2,1-3H3,(H2,20,21,23). The first-order valence-corrected chi connectivity index (χ1v) is 9.00. The van der Waals surface area contributed by atoms with Crippen LogP contribution < -0.4 is 15.4 Å². The second-order valence-corrected chi connectivity index (χ2v) is 6.84. The van der Waals surface area contributed by atoms with Crippen molar-refractivity contribution in [3.63, 3.8) is 0 Å². The number of urea groups is 1. The van der Waals surface area contributed by atoms with E-state index in [2.05, 4.69) is 35.4 Å². The van der Waals surface area contributed by atoms with Crippen LogP contribution in [0.1, 0.15) is 44.7 Å². The number of amides is 2. The quantitative estimate of drug-likeness (QED) is 0.806. The predicted molar refractivity (Wildman–Crippen MR) is 97.4 cm³/mol. The van der Waals surface area contributed by atoms with Gasteiger partial charge in [-0.25, -0.2) is 4.79 Å². The number of hydrogen-bond donors (Lipinski definition) is 2. The fourth-order valence-corrected chi connectivity index (χ4v) is 3.16. The lowest BCUT2D eigenvalue weighted by Gasteiger charge is -2.35. The van der Waals surface area contributed by atoms with Crippen LogP contribution in [-0.2, 0) is 0 Å². The summed E-state index contributed by atoms with van der Waals surface area (Å²) in [5, 5.41) is 5.96. The number of carbonyl (C=O) groups is 1. The number of nitrogens with zero attached hydrogens (tertiary/aromatic N) is 1. The highest BCUT2D eigenvalue weighted by molar-refractivity contribution is 5.73. The average Bonchev–Trinajstić information content (AvgIpc) is 2.61. The molecule has 2 amide bonds. The number of likely N-dealkylation sites (tertiary alicyclic amines) is 1. The van der Waals surface area contributed by atoms with Gasteiger partial charge in [-0.2, -0.15) is 0 Å². The summed E-state index contributed by atoms with van der Waals surface area (Å²) in [6, 6.07) is 8.16. The summed E-state index contributed by atoms with van der Waals surface area (Å²) in [6.07, 6.45) is 3.72. The molecule has 0 aliphatic carbocycles. The zero-order valence-electron chi connectivity index (χ0n) is 15.2. The van der Waals surface area contributed by atoms with Gasteiger partial charge in [-0.15, -0.1) is 0 Å². The van der Waals surface area contributed by atoms with E-state index in [4.69, 9.17) is 4.74 Å². The smallest absolute Gasteiger partial charge is 0.314 e. The molecule has 0 aromatic heterocycles. The lowest BCUT2D eigenvalue weighted by Crippen LogP contribution is -2.44. The van der Waals surface area contributed by atoms with E-state index in [0.29, 0.717) is 19.0 Å². The number of methoxy groups -OCH3 is 1. The van der Waals surface area contributed by atoms with Crippen LogP contribution in [0, 0.1) is 5.92 Å². The van der Waals surface area contributed by atoms with Crippen LogP contribution in [0.4, 0.5) is 4.79 Å². The Hall–Kier alpha value is -1.75. The van der Waals surface area contributed by atoms with Crippen LogP contribution >= 0.6 is 0 Å². The molecule has 1 aromatic rings. The number of rotatable bonds is 7. The van der Waals surface area contributed by atoms with E-state index in [1.807, 2.05) is 18.2 Å². The highest BCUT2D eigenvalue weighted by Crippen LogP contribution is 2.30. The van der Waals surface area contributed by atoms with Gasteiger partial charge < -0.3 is 15.4 Å². The Morgan fingerprint density at radius 2 is 1.79 bits per heavy atom. The highest BCUT2D eigenvalue weighted by Gasteiger charge is 2.25. The SMILES string of the molecule is COc1ccccc1C(CNC(=O)NCC(C)C)N1CCCCC1. The van der Waals surface area contributed by atoms with Gasteiger partial charge in [0, 0.05) is 18.7 Å². The van der Waals surface area contributed by atoms with Gasteiger partial charge in [-0.3, -0.25) is 4.90 Å². The summed E-state index contributed by atoms with van der Waals surface area (Å²) in [4.78, 5) is 14.5. The Bertz CT molecular complexity index is 513. The molecule has 1 aliphatic rings. The predicted octanol–water partition coefficient (Wildman–Crippen LogP) is 3.18. The maximum atomic E-state index is 12.0. The molecular weight excluding hydrogens is 302 g/mol. The molecule has 5 heteroatoms. The normalized spacial score (nSPS) is 16.7. The van der Waals surface area contributed by atoms with Crippen LogP contribution in [-0.4, -0.2) is 44.2 Å². The Labute approximate surface area is 145 Å². The molecule has 134 valence electrons. The average molecular weight is 333 g/mol. The fraction of sp³-hybridized carbons (Fsp3) is 0.632. The third-order valence-electron chi connectivity index (χ3n) is 4.46. The first kappa shape index (κ1) is 18.6. The second kappa shape index (κ2) is 9.52. The molecule has 1 fully saturated rings. The molecule has 1 unspecified atom stereocenters. The molecule has 0 bridgehead atoms. The molecular formula is C19H31N3O2. The molecule has 5 nitrogen and oxygen atoms in total. The summed E-state index contributed by atoms with van der Waals surface area (Å²) >= 11 is 0. The highest BCUT2D eigenvalue weighted by atomic mass is 16.5. The van der Waals surface area contributed by atoms with Crippen molar-refractivity contribution < 1.29 is 9.53 Å². The maximum Gasteiger partial charge on any atom is 0.314 e. The molecule has 1 atom stereocenters. The van der Waals surface area contributed by atoms with E-state index in [1.54, 1.807) is 7.11 Å². The van der Waals surface area contributed by atoms with Gasteiger partial charge in [-0.05, 0) is 37.9 Å². The number of nitrogens with one attached hydrogen (secondary N) is 2. The van der Waals surface area contributed by atoms with Crippen molar-refractivity contribution in [3.05, 3.63) is 29.8 Å². The Balaban J connectivity index is 2.07. The lowest BCUT2D eigenvalue weighted by atomic mass is 10.0. The Morgan fingerprint density at radius 3 is 2.46 bits per heavy atom. The molecule has 1 aliphatic heterocycles. The van der Waals surface area contributed by atoms with Crippen molar-refractivity contribution in [1.82, 2.24) is 15.5 Å². The van der Waals surface area contributed by atoms with Gasteiger partial charge in [0.05, 0.1) is 13.2 Å². The molecule has 2 N–H and O–H groups in total. The van der Waals surface area contributed by atoms with Gasteiger partial charge >= 0.3 is 6.03 Å². The van der Waals surface area contributed by atoms with Crippen molar-refractivity contribution in [3.8, 4) is 5.75 Å². The van der Waals surface area contributed by atoms with E-state index < -0.39 is 0 Å². The molecule has 1 aromatic carbocycles. The molecule has 1 heterocycles. The van der Waals surface area contributed by atoms with Crippen LogP contribution in [0.5, 0.6) is 5.75 Å². The van der Waals surface area contributed by atoms with Crippen LogP contribution in [0.2, 0.25) is 0 Å². The number of piperidine rings is 1. The first-order valence-electron chi connectivity index (χ1n) is 9.00. The van der Waals surface area contributed by atoms with E-state index in [9.17, 15) is 4.79 Å². The number of carbonyl (C=O) groups excluding carboxylic acids is 1. The van der Waals surface area contributed by atoms with Crippen LogP contribution in [0.25, 0.3) is 0 Å². The summed E-state index contributed by atoms with van der Waals surface area (Å²) in [5.41, 5.74) is 1.14. The number of ether oxygens (including phenoxy) is 1. The minimum absolute atomic E-state index is 0.0967. The largest absolute Gasteiger partial charge is 0.496 e. The number of hydrogen-bond acceptors (Lipinski definition) is 3. The van der Waals surface area contributed by atoms with Gasteiger partial charge in [0.25, 0.3) is 0 Å². The molecule has 1 saturated heterocycles. The molecule has 2 rings (SSSR count). The van der Waals surface area contributed by atoms with E-state index in [1.165, 1.54) is 19.3 Å². The van der Waals surface area contributed by atoms with Crippen molar-refractivity contribution in [1.29, 1.82) is 0 Å². The maximum absolute atomic E-state index is 12.0. The fourth-order valence-electron chi connectivity index (χ4n) is 3.16. The van der Waals surface area contributed by atoms with Crippen molar-refractivity contribution >= 4 is 6.03 Å². The van der Waals surface area contributed by atoms with Gasteiger partial charge in [0.2, 0.25) is 0 Å². The van der Waals surface area contributed by atoms with Crippen molar-refractivity contribution in [2.75, 3.05) is 33.3 Å². The Kier molecular flexibility index (Phi) is 7.37. The van der Waals surface area contributed by atoms with Crippen molar-refractivity contribution in [2.24, 2.45) is 5.92 Å². The zero-order valence-corrected chi connectivity index (χ0v) is 15.2. The summed E-state index contributed by atoms with van der Waals surface area (Å²) in [6.45, 7) is 7.59. The monoisotopic (exact) mass is 333 g/mol. The topological polar surface area (TPSA) is 53.6 Å². The van der Waals surface area contributed by atoms with Crippen molar-refractivity contribution in [2.45, 2.75) is 39.2 Å². The molecule has 24 heavy (non-hydrogen) atoms. The van der Waals surface area contributed by atoms with E-state index in [-0.39, 0.29) is 12.1 Å². The summed E-state index contributed by atoms with van der Waals surface area (Å²) in [7, 11) is 1.70. The minimum Gasteiger partial charge on any atom is -0.496 e. The first-order chi connectivity index (χ1) is 11.6. The van der Waals surface area contributed by atoms with Gasteiger partial charge in [0.1, 0.15) is 5.75 Å². The molecule has 0 spiro atoms. The second-order valence-electron chi connectivity index (χ2n) is 6.84. The van der Waals surface area contributed by atoms with Crippen LogP contribution in [0.3, 0.4) is 0 Å². The summed E-state index contributed by atoms with van der Waals surface area (Å²) < 4.78 is 5.55. The van der Waals surface area contributed by atoms with E-state index >= 15 is 0 Å². The van der Waals surface area contributed by atoms with Gasteiger partial charge in [-0.1, -0.05) is 38.5 Å². The minimum atomic E-state index is -0.0967.